The van der Waals surface area contributed by atoms with Gasteiger partial charge in [0, 0.05) is 37.6 Å². The Morgan fingerprint density at radius 2 is 1.73 bits per heavy atom. The first kappa shape index (κ1) is 27.4. The highest BCUT2D eigenvalue weighted by Crippen LogP contribution is 2.21. The van der Waals surface area contributed by atoms with Crippen molar-refractivity contribution >= 4 is 27.3 Å². The number of carbonyl (C=O) groups is 1. The molecule has 0 unspecified atom stereocenters. The molecule has 1 aromatic heterocycles. The van der Waals surface area contributed by atoms with Crippen LogP contribution in [0.5, 0.6) is 0 Å². The zero-order valence-corrected chi connectivity index (χ0v) is 22.5. The molecule has 7 nitrogen and oxygen atoms in total. The first-order valence-corrected chi connectivity index (χ1v) is 14.6. The van der Waals surface area contributed by atoms with Gasteiger partial charge in [-0.05, 0) is 53.8 Å². The van der Waals surface area contributed by atoms with E-state index in [4.69, 9.17) is 4.74 Å². The van der Waals surface area contributed by atoms with Crippen LogP contribution in [-0.4, -0.2) is 74.4 Å². The molecule has 4 rings (SSSR count). The van der Waals surface area contributed by atoms with Gasteiger partial charge >= 0.3 is 0 Å². The Bertz CT molecular complexity index is 1260. The molecule has 0 N–H and O–H groups in total. The maximum absolute atomic E-state index is 13.7. The summed E-state index contributed by atoms with van der Waals surface area (Å²) in [6, 6.07) is 16.2. The molecular weight excluding hydrogens is 513 g/mol. The SMILES string of the molecule is Cc1ccsc1CN(Cc1ccc(F)cc1)C(=O)CN(CCN1CCOCC1)S(=O)(=O)c1ccccc1. The summed E-state index contributed by atoms with van der Waals surface area (Å²) >= 11 is 1.55. The van der Waals surface area contributed by atoms with E-state index in [-0.39, 0.29) is 36.3 Å². The van der Waals surface area contributed by atoms with Crippen molar-refractivity contribution in [3.63, 3.8) is 0 Å². The number of hydrogen-bond donors (Lipinski definition) is 0. The minimum absolute atomic E-state index is 0.156. The second-order valence-corrected chi connectivity index (χ2v) is 11.9. The molecule has 0 spiro atoms. The minimum Gasteiger partial charge on any atom is -0.379 e. The summed E-state index contributed by atoms with van der Waals surface area (Å²) in [5.41, 5.74) is 1.85. The van der Waals surface area contributed by atoms with Gasteiger partial charge in [-0.2, -0.15) is 4.31 Å². The zero-order chi connectivity index (χ0) is 26.3. The summed E-state index contributed by atoms with van der Waals surface area (Å²) in [7, 11) is -3.90. The average Bonchev–Trinajstić information content (AvgIpc) is 3.32. The molecule has 1 saturated heterocycles. The smallest absolute Gasteiger partial charge is 0.243 e. The highest BCUT2D eigenvalue weighted by Gasteiger charge is 2.29. The monoisotopic (exact) mass is 545 g/mol. The molecule has 1 amide bonds. The lowest BCUT2D eigenvalue weighted by molar-refractivity contribution is -0.132. The van der Waals surface area contributed by atoms with E-state index in [1.165, 1.54) is 16.4 Å². The third-order valence-corrected chi connectivity index (χ3v) is 9.27. The van der Waals surface area contributed by atoms with E-state index in [2.05, 4.69) is 4.90 Å². The van der Waals surface area contributed by atoms with Gasteiger partial charge in [-0.1, -0.05) is 30.3 Å². The molecule has 0 radical (unpaired) electrons. The molecule has 10 heteroatoms. The topological polar surface area (TPSA) is 70.2 Å². The third kappa shape index (κ3) is 7.45. The van der Waals surface area contributed by atoms with Crippen molar-refractivity contribution < 1.29 is 22.3 Å². The van der Waals surface area contributed by atoms with E-state index in [9.17, 15) is 17.6 Å². The van der Waals surface area contributed by atoms with Crippen molar-refractivity contribution in [2.24, 2.45) is 0 Å². The molecule has 198 valence electrons. The number of ether oxygens (including phenoxy) is 1. The predicted molar refractivity (Wildman–Crippen MR) is 142 cm³/mol. The van der Waals surface area contributed by atoms with Crippen LogP contribution in [0.15, 0.2) is 70.9 Å². The molecule has 3 aromatic rings. The van der Waals surface area contributed by atoms with Crippen LogP contribution in [-0.2, 0) is 32.6 Å². The van der Waals surface area contributed by atoms with Crippen LogP contribution in [0.25, 0.3) is 0 Å². The number of thiophene rings is 1. The van der Waals surface area contributed by atoms with Gasteiger partial charge in [0.15, 0.2) is 0 Å². The molecule has 2 heterocycles. The molecule has 1 aliphatic heterocycles. The number of aryl methyl sites for hydroxylation is 1. The Morgan fingerprint density at radius 1 is 1.03 bits per heavy atom. The maximum Gasteiger partial charge on any atom is 0.243 e. The number of halogens is 1. The van der Waals surface area contributed by atoms with Gasteiger partial charge in [0.1, 0.15) is 5.82 Å². The van der Waals surface area contributed by atoms with E-state index in [1.807, 2.05) is 18.4 Å². The fourth-order valence-electron chi connectivity index (χ4n) is 4.14. The van der Waals surface area contributed by atoms with Gasteiger partial charge < -0.3 is 9.64 Å². The first-order valence-electron chi connectivity index (χ1n) is 12.2. The Balaban J connectivity index is 1.57. The zero-order valence-electron chi connectivity index (χ0n) is 20.9. The molecule has 0 atom stereocenters. The lowest BCUT2D eigenvalue weighted by Gasteiger charge is -2.31. The largest absolute Gasteiger partial charge is 0.379 e. The fourth-order valence-corrected chi connectivity index (χ4v) is 6.46. The van der Waals surface area contributed by atoms with Crippen LogP contribution in [0.3, 0.4) is 0 Å². The Morgan fingerprint density at radius 3 is 2.38 bits per heavy atom. The van der Waals surface area contributed by atoms with Gasteiger partial charge in [0.2, 0.25) is 15.9 Å². The standard InChI is InChI=1S/C27H32FN3O4S2/c1-22-11-18-36-26(22)20-30(19-23-7-9-24(28)10-8-23)27(32)21-31(13-12-29-14-16-35-17-15-29)37(33,34)25-5-3-2-4-6-25/h2-11,18H,12-17,19-21H2,1H3. The number of carbonyl (C=O) groups excluding carboxylic acids is 1. The third-order valence-electron chi connectivity index (χ3n) is 6.40. The predicted octanol–water partition coefficient (Wildman–Crippen LogP) is 3.75. The molecule has 0 aliphatic carbocycles. The molecule has 0 bridgehead atoms. The maximum atomic E-state index is 13.7. The number of amides is 1. The van der Waals surface area contributed by atoms with Crippen LogP contribution >= 0.6 is 11.3 Å². The van der Waals surface area contributed by atoms with Gasteiger partial charge in [-0.15, -0.1) is 11.3 Å². The van der Waals surface area contributed by atoms with E-state index in [0.29, 0.717) is 26.3 Å². The summed E-state index contributed by atoms with van der Waals surface area (Å²) in [6.45, 7) is 5.65. The number of rotatable bonds is 11. The molecule has 1 aliphatic rings. The normalized spacial score (nSPS) is 14.7. The summed E-state index contributed by atoms with van der Waals surface area (Å²) in [5.74, 6) is -0.655. The Kier molecular flexibility index (Phi) is 9.44. The summed E-state index contributed by atoms with van der Waals surface area (Å²) in [4.78, 5) is 18.7. The lowest BCUT2D eigenvalue weighted by Crippen LogP contribution is -2.47. The summed E-state index contributed by atoms with van der Waals surface area (Å²) in [6.07, 6.45) is 0. The van der Waals surface area contributed by atoms with Crippen molar-refractivity contribution in [2.75, 3.05) is 45.9 Å². The van der Waals surface area contributed by atoms with Crippen molar-refractivity contribution in [2.45, 2.75) is 24.9 Å². The van der Waals surface area contributed by atoms with Crippen LogP contribution < -0.4 is 0 Å². The Labute approximate surface area is 222 Å². The molecule has 1 fully saturated rings. The first-order chi connectivity index (χ1) is 17.8. The van der Waals surface area contributed by atoms with Gasteiger partial charge in [-0.25, -0.2) is 12.8 Å². The van der Waals surface area contributed by atoms with E-state index in [1.54, 1.807) is 58.7 Å². The van der Waals surface area contributed by atoms with Crippen molar-refractivity contribution in [1.82, 2.24) is 14.1 Å². The van der Waals surface area contributed by atoms with Gasteiger partial charge in [-0.3, -0.25) is 9.69 Å². The van der Waals surface area contributed by atoms with Crippen LogP contribution in [0.1, 0.15) is 16.0 Å². The number of hydrogen-bond acceptors (Lipinski definition) is 6. The van der Waals surface area contributed by atoms with Gasteiger partial charge in [0.25, 0.3) is 0 Å². The highest BCUT2D eigenvalue weighted by molar-refractivity contribution is 7.89. The lowest BCUT2D eigenvalue weighted by atomic mass is 10.2. The van der Waals surface area contributed by atoms with E-state index in [0.717, 1.165) is 29.1 Å². The number of benzene rings is 2. The number of sulfonamides is 1. The Hall–Kier alpha value is -2.63. The van der Waals surface area contributed by atoms with E-state index >= 15 is 0 Å². The molecule has 0 saturated carbocycles. The fraction of sp³-hybridized carbons (Fsp3) is 0.370. The molecule has 2 aromatic carbocycles. The van der Waals surface area contributed by atoms with Gasteiger partial charge in [0.05, 0.1) is 31.2 Å². The number of morpholine rings is 1. The second-order valence-electron chi connectivity index (χ2n) is 9.01. The van der Waals surface area contributed by atoms with E-state index < -0.39 is 10.0 Å². The van der Waals surface area contributed by atoms with Crippen molar-refractivity contribution in [3.05, 3.63) is 87.9 Å². The average molecular weight is 546 g/mol. The minimum atomic E-state index is -3.90. The summed E-state index contributed by atoms with van der Waals surface area (Å²) in [5, 5.41) is 1.97. The molecular formula is C27H32FN3O4S2. The second kappa shape index (κ2) is 12.7. The van der Waals surface area contributed by atoms with Crippen LogP contribution in [0.4, 0.5) is 4.39 Å². The van der Waals surface area contributed by atoms with Crippen molar-refractivity contribution in [1.29, 1.82) is 0 Å². The summed E-state index contributed by atoms with van der Waals surface area (Å²) < 4.78 is 47.4. The highest BCUT2D eigenvalue weighted by atomic mass is 32.2. The quantitative estimate of drug-likeness (QED) is 0.367. The van der Waals surface area contributed by atoms with Crippen LogP contribution in [0, 0.1) is 12.7 Å². The molecule has 37 heavy (non-hydrogen) atoms. The number of nitrogens with zero attached hydrogens (tertiary/aromatic N) is 3. The van der Waals surface area contributed by atoms with Crippen molar-refractivity contribution in [3.8, 4) is 0 Å². The van der Waals surface area contributed by atoms with Crippen LogP contribution in [0.2, 0.25) is 0 Å².